The summed E-state index contributed by atoms with van der Waals surface area (Å²) in [5.41, 5.74) is 3.13. The highest BCUT2D eigenvalue weighted by atomic mass is 79.9. The third-order valence-electron chi connectivity index (χ3n) is 3.22. The highest BCUT2D eigenvalue weighted by molar-refractivity contribution is 9.10. The highest BCUT2D eigenvalue weighted by Crippen LogP contribution is 2.19. The molecule has 0 radical (unpaired) electrons. The molecule has 0 aromatic heterocycles. The Bertz CT molecular complexity index is 590. The number of hydrogen-bond acceptors (Lipinski definition) is 1. The van der Waals surface area contributed by atoms with Crippen LogP contribution in [-0.2, 0) is 6.54 Å². The topological polar surface area (TPSA) is 29.1 Å². The van der Waals surface area contributed by atoms with Gasteiger partial charge in [0.05, 0.1) is 0 Å². The molecule has 0 bridgehead atoms. The van der Waals surface area contributed by atoms with Crippen LogP contribution in [0.25, 0.3) is 0 Å². The number of carbonyl (C=O) groups excluding carboxylic acids is 1. The lowest BCUT2D eigenvalue weighted by atomic mass is 9.97. The number of amides is 1. The number of nitrogens with one attached hydrogen (secondary N) is 1. The van der Waals surface area contributed by atoms with E-state index in [1.165, 1.54) is 11.1 Å². The minimum atomic E-state index is -0.0453. The number of halogens is 1. The summed E-state index contributed by atoms with van der Waals surface area (Å²) in [6.07, 6.45) is 0. The first-order valence-electron chi connectivity index (χ1n) is 6.69. The van der Waals surface area contributed by atoms with Crippen molar-refractivity contribution in [3.63, 3.8) is 0 Å². The van der Waals surface area contributed by atoms with Crippen LogP contribution < -0.4 is 5.32 Å². The lowest BCUT2D eigenvalue weighted by molar-refractivity contribution is 0.0951. The number of rotatable bonds is 4. The van der Waals surface area contributed by atoms with Crippen molar-refractivity contribution in [2.45, 2.75) is 26.3 Å². The summed E-state index contributed by atoms with van der Waals surface area (Å²) in [6.45, 7) is 4.88. The molecule has 0 unspecified atom stereocenters. The Kier molecular flexibility index (Phi) is 4.96. The van der Waals surface area contributed by atoms with Gasteiger partial charge >= 0.3 is 0 Å². The molecule has 0 aliphatic rings. The Labute approximate surface area is 128 Å². The van der Waals surface area contributed by atoms with E-state index in [-0.39, 0.29) is 5.91 Å². The lowest BCUT2D eigenvalue weighted by Crippen LogP contribution is -2.23. The number of carbonyl (C=O) groups is 1. The second kappa shape index (κ2) is 6.71. The minimum absolute atomic E-state index is 0.0453. The Morgan fingerprint density at radius 1 is 1.10 bits per heavy atom. The van der Waals surface area contributed by atoms with Gasteiger partial charge in [0, 0.05) is 16.6 Å². The quantitative estimate of drug-likeness (QED) is 0.877. The average Bonchev–Trinajstić information content (AvgIpc) is 2.45. The van der Waals surface area contributed by atoms with Crippen molar-refractivity contribution < 1.29 is 4.79 Å². The molecule has 0 spiro atoms. The van der Waals surface area contributed by atoms with Crippen LogP contribution in [0.2, 0.25) is 0 Å². The van der Waals surface area contributed by atoms with Crippen molar-refractivity contribution in [1.29, 1.82) is 0 Å². The van der Waals surface area contributed by atoms with Crippen LogP contribution in [0.3, 0.4) is 0 Å². The molecule has 0 saturated carbocycles. The van der Waals surface area contributed by atoms with E-state index in [2.05, 4.69) is 47.2 Å². The first kappa shape index (κ1) is 14.8. The van der Waals surface area contributed by atoms with Crippen LogP contribution in [0.1, 0.15) is 41.3 Å². The Morgan fingerprint density at radius 3 is 2.40 bits per heavy atom. The Hall–Kier alpha value is -1.61. The van der Waals surface area contributed by atoms with Gasteiger partial charge in [-0.15, -0.1) is 0 Å². The molecule has 2 nitrogen and oxygen atoms in total. The fraction of sp³-hybridized carbons (Fsp3) is 0.235. The van der Waals surface area contributed by atoms with Gasteiger partial charge in [-0.05, 0) is 41.3 Å². The van der Waals surface area contributed by atoms with Crippen LogP contribution in [0.5, 0.6) is 0 Å². The van der Waals surface area contributed by atoms with Crippen molar-refractivity contribution in [1.82, 2.24) is 5.32 Å². The third kappa shape index (κ3) is 3.70. The molecule has 0 aliphatic heterocycles. The first-order chi connectivity index (χ1) is 9.58. The van der Waals surface area contributed by atoms with E-state index < -0.39 is 0 Å². The van der Waals surface area contributed by atoms with E-state index in [0.29, 0.717) is 18.0 Å². The molecular formula is C17H18BrNO. The molecule has 1 N–H and O–H groups in total. The molecular weight excluding hydrogens is 314 g/mol. The molecule has 2 aromatic rings. The maximum Gasteiger partial charge on any atom is 0.251 e. The molecule has 0 aliphatic carbocycles. The van der Waals surface area contributed by atoms with Gasteiger partial charge in [0.1, 0.15) is 0 Å². The van der Waals surface area contributed by atoms with E-state index in [0.717, 1.165) is 4.47 Å². The fourth-order valence-electron chi connectivity index (χ4n) is 2.14. The molecule has 0 fully saturated rings. The van der Waals surface area contributed by atoms with E-state index in [1.807, 2.05) is 36.4 Å². The van der Waals surface area contributed by atoms with Gasteiger partial charge in [-0.2, -0.15) is 0 Å². The first-order valence-corrected chi connectivity index (χ1v) is 7.49. The van der Waals surface area contributed by atoms with E-state index in [4.69, 9.17) is 0 Å². The fourth-order valence-corrected chi connectivity index (χ4v) is 2.40. The third-order valence-corrected chi connectivity index (χ3v) is 3.75. The normalized spacial score (nSPS) is 10.6. The molecule has 3 heteroatoms. The summed E-state index contributed by atoms with van der Waals surface area (Å²) in [4.78, 5) is 12.1. The second-order valence-electron chi connectivity index (χ2n) is 5.04. The van der Waals surface area contributed by atoms with Gasteiger partial charge in [0.15, 0.2) is 0 Å². The minimum Gasteiger partial charge on any atom is -0.348 e. The summed E-state index contributed by atoms with van der Waals surface area (Å²) in [5, 5.41) is 2.98. The van der Waals surface area contributed by atoms with Crippen LogP contribution in [0.4, 0.5) is 0 Å². The monoisotopic (exact) mass is 331 g/mol. The summed E-state index contributed by atoms with van der Waals surface area (Å²) < 4.78 is 0.971. The maximum absolute atomic E-state index is 12.1. The molecule has 2 rings (SSSR count). The average molecular weight is 332 g/mol. The largest absolute Gasteiger partial charge is 0.348 e. The summed E-state index contributed by atoms with van der Waals surface area (Å²) >= 11 is 3.36. The molecule has 0 heterocycles. The molecule has 1 amide bonds. The smallest absolute Gasteiger partial charge is 0.251 e. The van der Waals surface area contributed by atoms with E-state index in [1.54, 1.807) is 0 Å². The predicted molar refractivity (Wildman–Crippen MR) is 85.8 cm³/mol. The highest BCUT2D eigenvalue weighted by Gasteiger charge is 2.08. The van der Waals surface area contributed by atoms with Gasteiger partial charge < -0.3 is 5.32 Å². The zero-order valence-corrected chi connectivity index (χ0v) is 13.3. The zero-order chi connectivity index (χ0) is 14.5. The van der Waals surface area contributed by atoms with Gasteiger partial charge in [0.25, 0.3) is 5.91 Å². The Balaban J connectivity index is 2.05. The second-order valence-corrected chi connectivity index (χ2v) is 5.96. The molecule has 104 valence electrons. The predicted octanol–water partition coefficient (Wildman–Crippen LogP) is 4.50. The molecule has 0 saturated heterocycles. The van der Waals surface area contributed by atoms with Crippen LogP contribution in [0.15, 0.2) is 53.0 Å². The van der Waals surface area contributed by atoms with Gasteiger partial charge in [-0.25, -0.2) is 0 Å². The van der Waals surface area contributed by atoms with Crippen molar-refractivity contribution in [2.75, 3.05) is 0 Å². The molecule has 20 heavy (non-hydrogen) atoms. The van der Waals surface area contributed by atoms with E-state index >= 15 is 0 Å². The number of benzene rings is 2. The maximum atomic E-state index is 12.1. The van der Waals surface area contributed by atoms with Crippen LogP contribution in [0, 0.1) is 0 Å². The summed E-state index contributed by atoms with van der Waals surface area (Å²) in [5.74, 6) is 0.409. The van der Waals surface area contributed by atoms with Crippen LogP contribution in [-0.4, -0.2) is 5.91 Å². The van der Waals surface area contributed by atoms with Crippen molar-refractivity contribution in [2.24, 2.45) is 0 Å². The molecule has 0 atom stereocenters. The van der Waals surface area contributed by atoms with Crippen molar-refractivity contribution >= 4 is 21.8 Å². The summed E-state index contributed by atoms with van der Waals surface area (Å²) in [6, 6.07) is 15.6. The number of hydrogen-bond donors (Lipinski definition) is 1. The lowest BCUT2D eigenvalue weighted by Gasteiger charge is -2.13. The standard InChI is InChI=1S/C17H18BrNO/c1-12(2)16-6-4-3-5-14(16)11-19-17(20)13-7-9-15(18)10-8-13/h3-10,12H,11H2,1-2H3,(H,19,20). The molecule has 2 aromatic carbocycles. The van der Waals surface area contributed by atoms with E-state index in [9.17, 15) is 4.79 Å². The van der Waals surface area contributed by atoms with Crippen molar-refractivity contribution in [3.05, 3.63) is 69.7 Å². The van der Waals surface area contributed by atoms with Crippen molar-refractivity contribution in [3.8, 4) is 0 Å². The van der Waals surface area contributed by atoms with Crippen LogP contribution >= 0.6 is 15.9 Å². The SMILES string of the molecule is CC(C)c1ccccc1CNC(=O)c1ccc(Br)cc1. The zero-order valence-electron chi connectivity index (χ0n) is 11.7. The van der Waals surface area contributed by atoms with Gasteiger partial charge in [0.2, 0.25) is 0 Å². The Morgan fingerprint density at radius 2 is 1.75 bits per heavy atom. The van der Waals surface area contributed by atoms with Gasteiger partial charge in [-0.1, -0.05) is 54.0 Å². The van der Waals surface area contributed by atoms with Gasteiger partial charge in [-0.3, -0.25) is 4.79 Å². The summed E-state index contributed by atoms with van der Waals surface area (Å²) in [7, 11) is 0.